The minimum Gasteiger partial charge on any atom is -0.379 e. The topological polar surface area (TPSA) is 96.8 Å². The molecule has 7 heteroatoms. The van der Waals surface area contributed by atoms with Gasteiger partial charge in [0, 0.05) is 25.5 Å². The summed E-state index contributed by atoms with van der Waals surface area (Å²) in [5.41, 5.74) is 0.260. The van der Waals surface area contributed by atoms with Gasteiger partial charge in [0.1, 0.15) is 17.3 Å². The molecule has 1 aromatic carbocycles. The lowest BCUT2D eigenvalue weighted by Gasteiger charge is -2.07. The molecule has 20 heavy (non-hydrogen) atoms. The number of para-hydroxylation sites is 1. The van der Waals surface area contributed by atoms with Crippen molar-refractivity contribution in [2.75, 3.05) is 11.9 Å². The van der Waals surface area contributed by atoms with Crippen molar-refractivity contribution in [1.29, 1.82) is 5.26 Å². The molecule has 2 rings (SSSR count). The van der Waals surface area contributed by atoms with Crippen molar-refractivity contribution in [2.45, 2.75) is 13.0 Å². The van der Waals surface area contributed by atoms with Crippen LogP contribution in [0.3, 0.4) is 0 Å². The van der Waals surface area contributed by atoms with Crippen LogP contribution >= 0.6 is 0 Å². The molecule has 7 nitrogen and oxygen atoms in total. The Hall–Kier alpha value is -2.88. The van der Waals surface area contributed by atoms with E-state index in [1.165, 1.54) is 6.07 Å². The van der Waals surface area contributed by atoms with Crippen LogP contribution in [0.2, 0.25) is 0 Å². The van der Waals surface area contributed by atoms with Crippen LogP contribution in [0, 0.1) is 21.4 Å². The molecule has 0 aliphatic carbocycles. The van der Waals surface area contributed by atoms with Gasteiger partial charge in [-0.15, -0.1) is 0 Å². The minimum atomic E-state index is -0.533. The average Bonchev–Trinajstić information content (AvgIpc) is 2.96. The smallest absolute Gasteiger partial charge is 0.309 e. The summed E-state index contributed by atoms with van der Waals surface area (Å²) in [5.74, 6) is 0. The Morgan fingerprint density at radius 1 is 1.45 bits per heavy atom. The van der Waals surface area contributed by atoms with Crippen LogP contribution in [0.15, 0.2) is 36.7 Å². The SMILES string of the molecule is N#Cc1cccc(NCCCn2cccn2)c1[N+](=O)[O-]. The first-order chi connectivity index (χ1) is 9.72. The molecule has 0 aliphatic heterocycles. The van der Waals surface area contributed by atoms with E-state index in [0.29, 0.717) is 12.2 Å². The van der Waals surface area contributed by atoms with Gasteiger partial charge in [-0.05, 0) is 24.6 Å². The average molecular weight is 271 g/mol. The Morgan fingerprint density at radius 3 is 2.95 bits per heavy atom. The summed E-state index contributed by atoms with van der Waals surface area (Å²) in [6.07, 6.45) is 4.34. The molecule has 0 amide bonds. The molecule has 0 fully saturated rings. The third kappa shape index (κ3) is 3.11. The van der Waals surface area contributed by atoms with Crippen LogP contribution in [0.5, 0.6) is 0 Å². The maximum Gasteiger partial charge on any atom is 0.309 e. The fourth-order valence-corrected chi connectivity index (χ4v) is 1.87. The second-order valence-electron chi connectivity index (χ2n) is 4.12. The van der Waals surface area contributed by atoms with Crippen LogP contribution in [-0.2, 0) is 6.54 Å². The van der Waals surface area contributed by atoms with E-state index in [1.54, 1.807) is 23.0 Å². The lowest BCUT2D eigenvalue weighted by atomic mass is 10.1. The predicted molar refractivity (Wildman–Crippen MR) is 73.1 cm³/mol. The second-order valence-corrected chi connectivity index (χ2v) is 4.12. The Bertz CT molecular complexity index is 631. The molecule has 0 spiro atoms. The highest BCUT2D eigenvalue weighted by Gasteiger charge is 2.18. The fourth-order valence-electron chi connectivity index (χ4n) is 1.87. The third-order valence-electron chi connectivity index (χ3n) is 2.78. The van der Waals surface area contributed by atoms with Crippen molar-refractivity contribution in [3.05, 3.63) is 52.3 Å². The Kier molecular flexibility index (Phi) is 4.29. The van der Waals surface area contributed by atoms with E-state index in [-0.39, 0.29) is 11.3 Å². The number of aromatic nitrogens is 2. The third-order valence-corrected chi connectivity index (χ3v) is 2.78. The zero-order valence-corrected chi connectivity index (χ0v) is 10.7. The fraction of sp³-hybridized carbons (Fsp3) is 0.231. The highest BCUT2D eigenvalue weighted by molar-refractivity contribution is 5.68. The first kappa shape index (κ1) is 13.5. The first-order valence-electron chi connectivity index (χ1n) is 6.11. The van der Waals surface area contributed by atoms with E-state index in [9.17, 15) is 10.1 Å². The summed E-state index contributed by atoms with van der Waals surface area (Å²) in [6.45, 7) is 1.29. The molecule has 1 aromatic heterocycles. The lowest BCUT2D eigenvalue weighted by molar-refractivity contribution is -0.384. The van der Waals surface area contributed by atoms with Crippen molar-refractivity contribution in [3.8, 4) is 6.07 Å². The van der Waals surface area contributed by atoms with Gasteiger partial charge in [-0.3, -0.25) is 14.8 Å². The van der Waals surface area contributed by atoms with Crippen LogP contribution in [-0.4, -0.2) is 21.2 Å². The molecule has 1 heterocycles. The number of nitro groups is 1. The van der Waals surface area contributed by atoms with Crippen molar-refractivity contribution in [1.82, 2.24) is 9.78 Å². The maximum atomic E-state index is 11.0. The first-order valence-corrected chi connectivity index (χ1v) is 6.11. The van der Waals surface area contributed by atoms with Crippen LogP contribution in [0.4, 0.5) is 11.4 Å². The van der Waals surface area contributed by atoms with Gasteiger partial charge in [-0.2, -0.15) is 10.4 Å². The quantitative estimate of drug-likeness (QED) is 0.493. The van der Waals surface area contributed by atoms with Gasteiger partial charge in [0.05, 0.1) is 4.92 Å². The summed E-state index contributed by atoms with van der Waals surface area (Å²) >= 11 is 0. The molecule has 0 saturated carbocycles. The molecular formula is C13H13N5O2. The summed E-state index contributed by atoms with van der Waals surface area (Å²) in [6, 6.07) is 8.34. The van der Waals surface area contributed by atoms with E-state index in [1.807, 2.05) is 18.3 Å². The minimum absolute atomic E-state index is 0.0621. The summed E-state index contributed by atoms with van der Waals surface area (Å²) < 4.78 is 1.79. The molecule has 2 aromatic rings. The number of hydrogen-bond donors (Lipinski definition) is 1. The normalized spacial score (nSPS) is 9.95. The van der Waals surface area contributed by atoms with Gasteiger partial charge in [-0.25, -0.2) is 0 Å². The largest absolute Gasteiger partial charge is 0.379 e. The van der Waals surface area contributed by atoms with E-state index < -0.39 is 4.92 Å². The van der Waals surface area contributed by atoms with Gasteiger partial charge < -0.3 is 5.32 Å². The van der Waals surface area contributed by atoms with Crippen molar-refractivity contribution in [3.63, 3.8) is 0 Å². The monoisotopic (exact) mass is 271 g/mol. The van der Waals surface area contributed by atoms with Gasteiger partial charge in [0.2, 0.25) is 0 Å². The molecular weight excluding hydrogens is 258 g/mol. The van der Waals surface area contributed by atoms with Crippen LogP contribution in [0.25, 0.3) is 0 Å². The zero-order valence-electron chi connectivity index (χ0n) is 10.7. The molecule has 1 N–H and O–H groups in total. The molecule has 0 bridgehead atoms. The highest BCUT2D eigenvalue weighted by atomic mass is 16.6. The number of nitro benzene ring substituents is 1. The summed E-state index contributed by atoms with van der Waals surface area (Å²) in [5, 5.41) is 27.0. The number of benzene rings is 1. The second kappa shape index (κ2) is 6.33. The number of nitriles is 1. The van der Waals surface area contributed by atoms with Gasteiger partial charge in [0.25, 0.3) is 0 Å². The Morgan fingerprint density at radius 2 is 2.30 bits per heavy atom. The van der Waals surface area contributed by atoms with Gasteiger partial charge in [-0.1, -0.05) is 6.07 Å². The van der Waals surface area contributed by atoms with E-state index >= 15 is 0 Å². The summed E-state index contributed by atoms with van der Waals surface area (Å²) in [4.78, 5) is 10.5. The van der Waals surface area contributed by atoms with Gasteiger partial charge in [0.15, 0.2) is 0 Å². The number of anilines is 1. The van der Waals surface area contributed by atoms with E-state index in [2.05, 4.69) is 10.4 Å². The van der Waals surface area contributed by atoms with E-state index in [4.69, 9.17) is 5.26 Å². The lowest BCUT2D eigenvalue weighted by Crippen LogP contribution is -2.09. The molecule has 0 atom stereocenters. The summed E-state index contributed by atoms with van der Waals surface area (Å²) in [7, 11) is 0. The number of rotatable bonds is 6. The predicted octanol–water partition coefficient (Wildman–Crippen LogP) is 2.17. The Balaban J connectivity index is 1.99. The van der Waals surface area contributed by atoms with Crippen LogP contribution in [0.1, 0.15) is 12.0 Å². The molecule has 0 saturated heterocycles. The molecule has 0 radical (unpaired) electrons. The zero-order chi connectivity index (χ0) is 14.4. The van der Waals surface area contributed by atoms with Crippen molar-refractivity contribution < 1.29 is 4.92 Å². The van der Waals surface area contributed by atoms with Gasteiger partial charge >= 0.3 is 5.69 Å². The van der Waals surface area contributed by atoms with Crippen molar-refractivity contribution in [2.24, 2.45) is 0 Å². The van der Waals surface area contributed by atoms with E-state index in [0.717, 1.165) is 13.0 Å². The van der Waals surface area contributed by atoms with Crippen molar-refractivity contribution >= 4 is 11.4 Å². The number of nitrogens with zero attached hydrogens (tertiary/aromatic N) is 4. The standard InChI is InChI=1S/C13H13N5O2/c14-10-11-4-1-5-12(13(11)18(19)20)15-6-2-8-17-9-3-7-16-17/h1,3-5,7,9,15H,2,6,8H2. The van der Waals surface area contributed by atoms with Crippen LogP contribution < -0.4 is 5.32 Å². The number of hydrogen-bond acceptors (Lipinski definition) is 5. The molecule has 0 unspecified atom stereocenters. The maximum absolute atomic E-state index is 11.0. The molecule has 0 aliphatic rings. The number of nitrogens with one attached hydrogen (secondary N) is 1. The Labute approximate surface area is 115 Å². The highest BCUT2D eigenvalue weighted by Crippen LogP contribution is 2.27. The number of aryl methyl sites for hydroxylation is 1. The molecule has 102 valence electrons.